The van der Waals surface area contributed by atoms with Crippen molar-refractivity contribution in [2.24, 2.45) is 5.41 Å². The fraction of sp³-hybridized carbons (Fsp3) is 0.538. The van der Waals surface area contributed by atoms with Gasteiger partial charge in [-0.15, -0.1) is 23.2 Å². The highest BCUT2D eigenvalue weighted by Crippen LogP contribution is 2.29. The SMILES string of the molecule is CCC(CCl)(CCl)CCOc1ccccc1. The molecule has 0 unspecified atom stereocenters. The second-order valence-corrected chi connectivity index (χ2v) is 4.57. The van der Waals surface area contributed by atoms with Crippen LogP contribution in [0.25, 0.3) is 0 Å². The van der Waals surface area contributed by atoms with Crippen LogP contribution in [0, 0.1) is 5.41 Å². The van der Waals surface area contributed by atoms with Crippen LogP contribution >= 0.6 is 23.2 Å². The van der Waals surface area contributed by atoms with E-state index in [0.29, 0.717) is 18.4 Å². The Balaban J connectivity index is 2.39. The number of halogens is 2. The zero-order valence-corrected chi connectivity index (χ0v) is 11.1. The van der Waals surface area contributed by atoms with Crippen molar-refractivity contribution in [3.8, 4) is 5.75 Å². The third kappa shape index (κ3) is 3.88. The van der Waals surface area contributed by atoms with Crippen LogP contribution in [0.4, 0.5) is 0 Å². The number of alkyl halides is 2. The van der Waals surface area contributed by atoms with Gasteiger partial charge in [0.05, 0.1) is 6.61 Å². The average Bonchev–Trinajstić information content (AvgIpc) is 2.37. The Morgan fingerprint density at radius 3 is 2.25 bits per heavy atom. The fourth-order valence-electron chi connectivity index (χ4n) is 1.44. The first kappa shape index (κ1) is 13.7. The lowest BCUT2D eigenvalue weighted by molar-refractivity contribution is 0.228. The molecule has 0 aromatic heterocycles. The van der Waals surface area contributed by atoms with Gasteiger partial charge in [0.2, 0.25) is 0 Å². The van der Waals surface area contributed by atoms with Crippen LogP contribution in [0.3, 0.4) is 0 Å². The van der Waals surface area contributed by atoms with Crippen molar-refractivity contribution in [3.63, 3.8) is 0 Å². The summed E-state index contributed by atoms with van der Waals surface area (Å²) in [5.74, 6) is 2.08. The van der Waals surface area contributed by atoms with Gasteiger partial charge < -0.3 is 4.74 Å². The van der Waals surface area contributed by atoms with Crippen LogP contribution in [0.15, 0.2) is 30.3 Å². The summed E-state index contributed by atoms with van der Waals surface area (Å²) in [6.45, 7) is 2.78. The number of ether oxygens (including phenoxy) is 1. The number of hydrogen-bond acceptors (Lipinski definition) is 1. The van der Waals surface area contributed by atoms with E-state index in [0.717, 1.165) is 18.6 Å². The van der Waals surface area contributed by atoms with Gasteiger partial charge >= 0.3 is 0 Å². The minimum atomic E-state index is 0.0118. The monoisotopic (exact) mass is 260 g/mol. The van der Waals surface area contributed by atoms with Crippen molar-refractivity contribution < 1.29 is 4.74 Å². The van der Waals surface area contributed by atoms with Gasteiger partial charge in [0, 0.05) is 17.2 Å². The number of benzene rings is 1. The van der Waals surface area contributed by atoms with E-state index in [9.17, 15) is 0 Å². The molecule has 0 amide bonds. The molecule has 0 bridgehead atoms. The summed E-state index contributed by atoms with van der Waals surface area (Å²) < 4.78 is 5.65. The summed E-state index contributed by atoms with van der Waals surface area (Å²) in [5, 5.41) is 0. The van der Waals surface area contributed by atoms with E-state index < -0.39 is 0 Å². The molecule has 0 aliphatic rings. The molecule has 0 atom stereocenters. The maximum Gasteiger partial charge on any atom is 0.119 e. The van der Waals surface area contributed by atoms with E-state index in [-0.39, 0.29) is 5.41 Å². The molecule has 0 spiro atoms. The summed E-state index contributed by atoms with van der Waals surface area (Å²) in [6.07, 6.45) is 1.88. The second kappa shape index (κ2) is 7.03. The lowest BCUT2D eigenvalue weighted by atomic mass is 9.86. The standard InChI is InChI=1S/C13H18Cl2O/c1-2-13(10-14,11-15)8-9-16-12-6-4-3-5-7-12/h3-7H,2,8-11H2,1H3. The Morgan fingerprint density at radius 2 is 1.75 bits per heavy atom. The van der Waals surface area contributed by atoms with Crippen LogP contribution in [0.2, 0.25) is 0 Å². The smallest absolute Gasteiger partial charge is 0.119 e. The van der Waals surface area contributed by atoms with Crippen molar-refractivity contribution >= 4 is 23.2 Å². The topological polar surface area (TPSA) is 9.23 Å². The first-order chi connectivity index (χ1) is 7.76. The minimum Gasteiger partial charge on any atom is -0.494 e. The maximum absolute atomic E-state index is 5.97. The van der Waals surface area contributed by atoms with Gasteiger partial charge in [0.25, 0.3) is 0 Å². The van der Waals surface area contributed by atoms with Gasteiger partial charge in [-0.1, -0.05) is 25.1 Å². The molecular weight excluding hydrogens is 243 g/mol. The molecule has 0 saturated carbocycles. The van der Waals surface area contributed by atoms with Crippen molar-refractivity contribution in [2.75, 3.05) is 18.4 Å². The molecule has 0 fully saturated rings. The largest absolute Gasteiger partial charge is 0.494 e. The van der Waals surface area contributed by atoms with E-state index in [4.69, 9.17) is 27.9 Å². The first-order valence-electron chi connectivity index (χ1n) is 5.56. The highest BCUT2D eigenvalue weighted by atomic mass is 35.5. The Kier molecular flexibility index (Phi) is 6.00. The molecule has 1 nitrogen and oxygen atoms in total. The summed E-state index contributed by atoms with van der Waals surface area (Å²) in [5.41, 5.74) is 0.0118. The highest BCUT2D eigenvalue weighted by molar-refractivity contribution is 6.21. The molecule has 0 heterocycles. The van der Waals surface area contributed by atoms with E-state index in [1.54, 1.807) is 0 Å². The Labute approximate surface area is 108 Å². The summed E-state index contributed by atoms with van der Waals surface area (Å²) in [6, 6.07) is 9.81. The highest BCUT2D eigenvalue weighted by Gasteiger charge is 2.26. The maximum atomic E-state index is 5.97. The van der Waals surface area contributed by atoms with E-state index >= 15 is 0 Å². The number of hydrogen-bond donors (Lipinski definition) is 0. The first-order valence-corrected chi connectivity index (χ1v) is 6.63. The van der Waals surface area contributed by atoms with Crippen LogP contribution in [-0.4, -0.2) is 18.4 Å². The third-order valence-electron chi connectivity index (χ3n) is 2.96. The van der Waals surface area contributed by atoms with Crippen molar-refractivity contribution in [3.05, 3.63) is 30.3 Å². The molecule has 1 aromatic carbocycles. The predicted octanol–water partition coefficient (Wildman–Crippen LogP) is 4.33. The Morgan fingerprint density at radius 1 is 1.12 bits per heavy atom. The third-order valence-corrected chi connectivity index (χ3v) is 4.10. The average molecular weight is 261 g/mol. The second-order valence-electron chi connectivity index (χ2n) is 4.03. The normalized spacial score (nSPS) is 11.4. The van der Waals surface area contributed by atoms with Gasteiger partial charge in [0.15, 0.2) is 0 Å². The zero-order valence-electron chi connectivity index (χ0n) is 9.59. The van der Waals surface area contributed by atoms with Crippen molar-refractivity contribution in [1.82, 2.24) is 0 Å². The van der Waals surface area contributed by atoms with E-state index in [2.05, 4.69) is 6.92 Å². The van der Waals surface area contributed by atoms with E-state index in [1.807, 2.05) is 30.3 Å². The summed E-state index contributed by atoms with van der Waals surface area (Å²) >= 11 is 11.9. The number of rotatable bonds is 7. The molecule has 16 heavy (non-hydrogen) atoms. The molecule has 0 aliphatic carbocycles. The van der Waals surface area contributed by atoms with Gasteiger partial charge in [-0.25, -0.2) is 0 Å². The summed E-state index contributed by atoms with van der Waals surface area (Å²) in [4.78, 5) is 0. The molecule has 0 saturated heterocycles. The van der Waals surface area contributed by atoms with Crippen LogP contribution < -0.4 is 4.74 Å². The molecule has 1 rings (SSSR count). The molecule has 1 aromatic rings. The molecule has 0 N–H and O–H groups in total. The van der Waals surface area contributed by atoms with Crippen LogP contribution in [0.1, 0.15) is 19.8 Å². The molecule has 0 radical (unpaired) electrons. The zero-order chi connectivity index (χ0) is 11.9. The van der Waals surface area contributed by atoms with Crippen LogP contribution in [-0.2, 0) is 0 Å². The van der Waals surface area contributed by atoms with Crippen molar-refractivity contribution in [1.29, 1.82) is 0 Å². The molecule has 0 aliphatic heterocycles. The predicted molar refractivity (Wildman–Crippen MR) is 70.7 cm³/mol. The van der Waals surface area contributed by atoms with Crippen LogP contribution in [0.5, 0.6) is 5.75 Å². The molecular formula is C13H18Cl2O. The molecule has 90 valence electrons. The fourth-order valence-corrected chi connectivity index (χ4v) is 2.37. The Hall–Kier alpha value is -0.400. The van der Waals surface area contributed by atoms with Gasteiger partial charge in [-0.3, -0.25) is 0 Å². The van der Waals surface area contributed by atoms with Gasteiger partial charge in [-0.2, -0.15) is 0 Å². The lowest BCUT2D eigenvalue weighted by Gasteiger charge is -2.27. The lowest BCUT2D eigenvalue weighted by Crippen LogP contribution is -2.26. The van der Waals surface area contributed by atoms with Gasteiger partial charge in [0.1, 0.15) is 5.75 Å². The van der Waals surface area contributed by atoms with Crippen molar-refractivity contribution in [2.45, 2.75) is 19.8 Å². The summed E-state index contributed by atoms with van der Waals surface area (Å²) in [7, 11) is 0. The van der Waals surface area contributed by atoms with Gasteiger partial charge in [-0.05, 0) is 25.0 Å². The Bertz CT molecular complexity index is 275. The minimum absolute atomic E-state index is 0.0118. The molecule has 3 heteroatoms. The van der Waals surface area contributed by atoms with E-state index in [1.165, 1.54) is 0 Å². The number of para-hydroxylation sites is 1. The quantitative estimate of drug-likeness (QED) is 0.664.